The number of benzene rings is 1. The van der Waals surface area contributed by atoms with Gasteiger partial charge in [-0.1, -0.05) is 19.1 Å². The van der Waals surface area contributed by atoms with Gasteiger partial charge < -0.3 is 16.4 Å². The lowest BCUT2D eigenvalue weighted by Crippen LogP contribution is -2.35. The van der Waals surface area contributed by atoms with Gasteiger partial charge in [0.2, 0.25) is 5.91 Å². The Kier molecular flexibility index (Phi) is 4.66. The number of anilines is 1. The van der Waals surface area contributed by atoms with E-state index in [9.17, 15) is 9.59 Å². The van der Waals surface area contributed by atoms with E-state index in [4.69, 9.17) is 5.73 Å². The summed E-state index contributed by atoms with van der Waals surface area (Å²) in [5.74, 6) is -0.533. The molecule has 0 aromatic heterocycles. The van der Waals surface area contributed by atoms with Gasteiger partial charge in [0.1, 0.15) is 0 Å². The molecule has 1 aromatic rings. The van der Waals surface area contributed by atoms with Crippen molar-refractivity contribution in [2.75, 3.05) is 12.4 Å². The molecule has 0 aliphatic heterocycles. The van der Waals surface area contributed by atoms with Gasteiger partial charge in [-0.3, -0.25) is 9.59 Å². The number of carbonyl (C=O) groups excluding carboxylic acids is 2. The molecule has 0 heterocycles. The van der Waals surface area contributed by atoms with Crippen molar-refractivity contribution in [3.63, 3.8) is 0 Å². The lowest BCUT2D eigenvalue weighted by Gasteiger charge is -2.12. The molecule has 0 bridgehead atoms. The number of amides is 2. The van der Waals surface area contributed by atoms with Crippen molar-refractivity contribution in [2.24, 2.45) is 5.73 Å². The fourth-order valence-electron chi connectivity index (χ4n) is 1.34. The van der Waals surface area contributed by atoms with Crippen LogP contribution in [-0.2, 0) is 4.79 Å². The van der Waals surface area contributed by atoms with Gasteiger partial charge in [-0.05, 0) is 18.6 Å². The number of nitrogens with one attached hydrogen (secondary N) is 2. The van der Waals surface area contributed by atoms with E-state index < -0.39 is 6.04 Å². The summed E-state index contributed by atoms with van der Waals surface area (Å²) in [7, 11) is 1.54. The summed E-state index contributed by atoms with van der Waals surface area (Å²) >= 11 is 0. The van der Waals surface area contributed by atoms with Crippen LogP contribution < -0.4 is 16.4 Å². The van der Waals surface area contributed by atoms with E-state index in [1.807, 2.05) is 6.92 Å². The SMILES string of the molecule is CCC(N)C(=O)Nc1ccccc1C(=O)NC. The van der Waals surface area contributed by atoms with Crippen LogP contribution in [0.25, 0.3) is 0 Å². The second-order valence-corrected chi connectivity index (χ2v) is 3.63. The lowest BCUT2D eigenvalue weighted by molar-refractivity contribution is -0.117. The van der Waals surface area contributed by atoms with Crippen molar-refractivity contribution in [2.45, 2.75) is 19.4 Å². The number of nitrogens with two attached hydrogens (primary N) is 1. The number of para-hydroxylation sites is 1. The monoisotopic (exact) mass is 235 g/mol. The lowest BCUT2D eigenvalue weighted by atomic mass is 10.1. The minimum atomic E-state index is -0.562. The van der Waals surface area contributed by atoms with Crippen molar-refractivity contribution < 1.29 is 9.59 Å². The first-order valence-corrected chi connectivity index (χ1v) is 5.47. The molecular weight excluding hydrogens is 218 g/mol. The Morgan fingerprint density at radius 1 is 1.35 bits per heavy atom. The first kappa shape index (κ1) is 13.2. The van der Waals surface area contributed by atoms with Crippen LogP contribution in [0.4, 0.5) is 5.69 Å². The Bertz CT molecular complexity index is 418. The standard InChI is InChI=1S/C12H17N3O2/c1-3-9(13)12(17)15-10-7-5-4-6-8(10)11(16)14-2/h4-7,9H,3,13H2,1-2H3,(H,14,16)(H,15,17). The Labute approximate surface area is 100 Å². The zero-order valence-electron chi connectivity index (χ0n) is 9.99. The molecule has 2 amide bonds. The molecule has 0 aliphatic carbocycles. The van der Waals surface area contributed by atoms with Crippen molar-refractivity contribution in [3.8, 4) is 0 Å². The fourth-order valence-corrected chi connectivity index (χ4v) is 1.34. The highest BCUT2D eigenvalue weighted by Gasteiger charge is 2.15. The molecular formula is C12H17N3O2. The van der Waals surface area contributed by atoms with Gasteiger partial charge in [0.15, 0.2) is 0 Å². The quantitative estimate of drug-likeness (QED) is 0.719. The fraction of sp³-hybridized carbons (Fsp3) is 0.333. The molecule has 1 unspecified atom stereocenters. The first-order valence-electron chi connectivity index (χ1n) is 5.47. The normalized spacial score (nSPS) is 11.7. The highest BCUT2D eigenvalue weighted by atomic mass is 16.2. The molecule has 0 aliphatic rings. The molecule has 1 rings (SSSR count). The average Bonchev–Trinajstić information content (AvgIpc) is 2.37. The Balaban J connectivity index is 2.91. The summed E-state index contributed by atoms with van der Waals surface area (Å²) in [5, 5.41) is 5.17. The molecule has 0 saturated carbocycles. The highest BCUT2D eigenvalue weighted by molar-refractivity contribution is 6.04. The topological polar surface area (TPSA) is 84.2 Å². The molecule has 1 atom stereocenters. The van der Waals surface area contributed by atoms with Crippen LogP contribution in [0.5, 0.6) is 0 Å². The van der Waals surface area contributed by atoms with Crippen molar-refractivity contribution in [1.82, 2.24) is 5.32 Å². The Morgan fingerprint density at radius 2 is 2.00 bits per heavy atom. The van der Waals surface area contributed by atoms with Crippen LogP contribution in [0.2, 0.25) is 0 Å². The summed E-state index contributed by atoms with van der Waals surface area (Å²) in [5.41, 5.74) is 6.51. The zero-order valence-corrected chi connectivity index (χ0v) is 9.99. The van der Waals surface area contributed by atoms with Gasteiger partial charge in [-0.2, -0.15) is 0 Å². The Hall–Kier alpha value is -1.88. The maximum absolute atomic E-state index is 11.6. The van der Waals surface area contributed by atoms with Crippen molar-refractivity contribution in [1.29, 1.82) is 0 Å². The molecule has 17 heavy (non-hydrogen) atoms. The summed E-state index contributed by atoms with van der Waals surface area (Å²) < 4.78 is 0. The number of hydrogen-bond acceptors (Lipinski definition) is 3. The molecule has 0 fully saturated rings. The molecule has 5 nitrogen and oxygen atoms in total. The van der Waals surface area contributed by atoms with Crippen LogP contribution >= 0.6 is 0 Å². The molecule has 0 radical (unpaired) electrons. The number of hydrogen-bond donors (Lipinski definition) is 3. The summed E-state index contributed by atoms with van der Waals surface area (Å²) in [4.78, 5) is 23.2. The van der Waals surface area contributed by atoms with Gasteiger partial charge >= 0.3 is 0 Å². The number of rotatable bonds is 4. The second kappa shape index (κ2) is 6.00. The summed E-state index contributed by atoms with van der Waals surface area (Å²) in [6, 6.07) is 6.24. The van der Waals surface area contributed by atoms with E-state index in [1.165, 1.54) is 0 Å². The van der Waals surface area contributed by atoms with Gasteiger partial charge in [0.05, 0.1) is 17.3 Å². The van der Waals surface area contributed by atoms with Crippen LogP contribution in [-0.4, -0.2) is 24.9 Å². The van der Waals surface area contributed by atoms with Crippen LogP contribution in [0.3, 0.4) is 0 Å². The van der Waals surface area contributed by atoms with E-state index in [0.717, 1.165) is 0 Å². The zero-order chi connectivity index (χ0) is 12.8. The largest absolute Gasteiger partial charge is 0.355 e. The molecule has 5 heteroatoms. The Morgan fingerprint density at radius 3 is 2.59 bits per heavy atom. The third-order valence-corrected chi connectivity index (χ3v) is 2.43. The van der Waals surface area contributed by atoms with Crippen molar-refractivity contribution >= 4 is 17.5 Å². The molecule has 0 saturated heterocycles. The van der Waals surface area contributed by atoms with E-state index in [0.29, 0.717) is 17.7 Å². The van der Waals surface area contributed by atoms with Crippen LogP contribution in [0.1, 0.15) is 23.7 Å². The van der Waals surface area contributed by atoms with Crippen molar-refractivity contribution in [3.05, 3.63) is 29.8 Å². The average molecular weight is 235 g/mol. The molecule has 4 N–H and O–H groups in total. The third-order valence-electron chi connectivity index (χ3n) is 2.43. The van der Waals surface area contributed by atoms with E-state index in [-0.39, 0.29) is 11.8 Å². The predicted molar refractivity (Wildman–Crippen MR) is 66.7 cm³/mol. The minimum absolute atomic E-state index is 0.244. The maximum Gasteiger partial charge on any atom is 0.253 e. The van der Waals surface area contributed by atoms with E-state index in [1.54, 1.807) is 31.3 Å². The maximum atomic E-state index is 11.6. The number of carbonyl (C=O) groups is 2. The molecule has 1 aromatic carbocycles. The summed E-state index contributed by atoms with van der Waals surface area (Å²) in [6.45, 7) is 1.83. The van der Waals surface area contributed by atoms with Gasteiger partial charge in [0, 0.05) is 7.05 Å². The highest BCUT2D eigenvalue weighted by Crippen LogP contribution is 2.15. The van der Waals surface area contributed by atoms with Crippen LogP contribution in [0.15, 0.2) is 24.3 Å². The van der Waals surface area contributed by atoms with Gasteiger partial charge in [-0.15, -0.1) is 0 Å². The first-order chi connectivity index (χ1) is 8.10. The second-order valence-electron chi connectivity index (χ2n) is 3.63. The smallest absolute Gasteiger partial charge is 0.253 e. The third kappa shape index (κ3) is 3.29. The van der Waals surface area contributed by atoms with E-state index in [2.05, 4.69) is 10.6 Å². The predicted octanol–water partition coefficient (Wildman–Crippen LogP) is 0.722. The molecule has 0 spiro atoms. The minimum Gasteiger partial charge on any atom is -0.355 e. The van der Waals surface area contributed by atoms with Gasteiger partial charge in [0.25, 0.3) is 5.91 Å². The van der Waals surface area contributed by atoms with Crippen LogP contribution in [0, 0.1) is 0 Å². The molecule has 92 valence electrons. The summed E-state index contributed by atoms with van der Waals surface area (Å²) in [6.07, 6.45) is 0.550. The van der Waals surface area contributed by atoms with Gasteiger partial charge in [-0.25, -0.2) is 0 Å². The van der Waals surface area contributed by atoms with E-state index >= 15 is 0 Å².